The fourth-order valence-electron chi connectivity index (χ4n) is 7.62. The predicted octanol–water partition coefficient (Wildman–Crippen LogP) is 9.71. The van der Waals surface area contributed by atoms with Gasteiger partial charge in [0.05, 0.1) is 27.6 Å². The summed E-state index contributed by atoms with van der Waals surface area (Å²) in [5.41, 5.74) is 13.5. The second-order valence-electron chi connectivity index (χ2n) is 11.8. The zero-order chi connectivity index (χ0) is 28.9. The summed E-state index contributed by atoms with van der Waals surface area (Å²) in [6.07, 6.45) is 0. The molecule has 3 nitrogen and oxygen atoms in total. The van der Waals surface area contributed by atoms with E-state index in [2.05, 4.69) is 122 Å². The Morgan fingerprint density at radius 3 is 1.95 bits per heavy atom. The molecule has 3 heteroatoms. The van der Waals surface area contributed by atoms with Gasteiger partial charge < -0.3 is 9.32 Å². The van der Waals surface area contributed by atoms with Crippen LogP contribution in [0.3, 0.4) is 0 Å². The van der Waals surface area contributed by atoms with E-state index in [4.69, 9.17) is 4.42 Å². The van der Waals surface area contributed by atoms with Gasteiger partial charge in [0, 0.05) is 5.69 Å². The van der Waals surface area contributed by atoms with Gasteiger partial charge in [0.15, 0.2) is 0 Å². The molecule has 0 bridgehead atoms. The lowest BCUT2D eigenvalue weighted by Crippen LogP contribution is -2.36. The van der Waals surface area contributed by atoms with Gasteiger partial charge in [-0.2, -0.15) is 0 Å². The molecule has 6 aromatic carbocycles. The monoisotopic (exact) mass is 553 g/mol. The first-order chi connectivity index (χ1) is 21.1. The van der Waals surface area contributed by atoms with E-state index in [1.807, 2.05) is 24.3 Å². The number of para-hydroxylation sites is 3. The number of fused-ring (bicyclic) bond motifs is 11. The van der Waals surface area contributed by atoms with Gasteiger partial charge in [0.25, 0.3) is 0 Å². The molecule has 1 aromatic heterocycles. The van der Waals surface area contributed by atoms with Crippen LogP contribution in [0.4, 0.5) is 17.1 Å². The van der Waals surface area contributed by atoms with Gasteiger partial charge in [-0.15, -0.1) is 0 Å². The Morgan fingerprint density at radius 2 is 1.19 bits per heavy atom. The second kappa shape index (κ2) is 8.56. The standard InChI is InChI=1S/C40H27NO2/c1-24-19-20-25(2)36(21-24)41-34-16-8-6-14-31(34)40(32-15-7-9-17-35(32)41)30-13-5-3-11-26(30)28-23-38-29(22-33(28)40)39(42)27-12-4-10-18-37(27)43-38/h3-23H,1-2H3. The van der Waals surface area contributed by atoms with Gasteiger partial charge in [-0.05, 0) is 101 Å². The Morgan fingerprint density at radius 1 is 0.535 bits per heavy atom. The number of nitrogens with zero attached hydrogens (tertiary/aromatic N) is 1. The van der Waals surface area contributed by atoms with E-state index in [9.17, 15) is 4.79 Å². The van der Waals surface area contributed by atoms with E-state index in [0.717, 1.165) is 22.5 Å². The minimum atomic E-state index is -0.611. The molecule has 2 heterocycles. The third-order valence-corrected chi connectivity index (χ3v) is 9.44. The fraction of sp³-hybridized carbons (Fsp3) is 0.0750. The first-order valence-corrected chi connectivity index (χ1v) is 14.7. The molecule has 1 spiro atoms. The summed E-state index contributed by atoms with van der Waals surface area (Å²) < 4.78 is 6.37. The van der Waals surface area contributed by atoms with Crippen LogP contribution in [0.25, 0.3) is 33.1 Å². The van der Waals surface area contributed by atoms with E-state index >= 15 is 0 Å². The second-order valence-corrected chi connectivity index (χ2v) is 11.8. The predicted molar refractivity (Wildman–Crippen MR) is 175 cm³/mol. The summed E-state index contributed by atoms with van der Waals surface area (Å²) in [5, 5.41) is 1.21. The van der Waals surface area contributed by atoms with Crippen LogP contribution in [0.5, 0.6) is 0 Å². The maximum absolute atomic E-state index is 14.0. The highest BCUT2D eigenvalue weighted by Gasteiger charge is 2.52. The number of rotatable bonds is 1. The van der Waals surface area contributed by atoms with Crippen LogP contribution in [0.15, 0.2) is 137 Å². The lowest BCUT2D eigenvalue weighted by Gasteiger charge is -2.45. The molecule has 0 radical (unpaired) electrons. The summed E-state index contributed by atoms with van der Waals surface area (Å²) in [6, 6.07) is 44.6. The van der Waals surface area contributed by atoms with Gasteiger partial charge in [-0.3, -0.25) is 4.79 Å². The van der Waals surface area contributed by atoms with Gasteiger partial charge in [-0.1, -0.05) is 84.9 Å². The molecule has 0 saturated carbocycles. The highest BCUT2D eigenvalue weighted by molar-refractivity contribution is 6.00. The number of aryl methyl sites for hydroxylation is 2. The maximum Gasteiger partial charge on any atom is 0.200 e. The van der Waals surface area contributed by atoms with E-state index in [-0.39, 0.29) is 5.43 Å². The molecule has 7 aromatic rings. The Bertz CT molecular complexity index is 2320. The average Bonchev–Trinajstić information content (AvgIpc) is 3.32. The van der Waals surface area contributed by atoms with E-state index < -0.39 is 5.41 Å². The van der Waals surface area contributed by atoms with Crippen LogP contribution >= 0.6 is 0 Å². The van der Waals surface area contributed by atoms with Gasteiger partial charge in [-0.25, -0.2) is 0 Å². The minimum absolute atomic E-state index is 0.000137. The van der Waals surface area contributed by atoms with Crippen molar-refractivity contribution in [3.8, 4) is 11.1 Å². The summed E-state index contributed by atoms with van der Waals surface area (Å²) in [6.45, 7) is 4.33. The highest BCUT2D eigenvalue weighted by Crippen LogP contribution is 2.63. The Balaban J connectivity index is 1.46. The topological polar surface area (TPSA) is 33.5 Å². The molecule has 0 atom stereocenters. The van der Waals surface area contributed by atoms with Gasteiger partial charge in [0.2, 0.25) is 5.43 Å². The molecule has 1 aliphatic carbocycles. The lowest BCUT2D eigenvalue weighted by molar-refractivity contribution is 0.659. The van der Waals surface area contributed by atoms with Crippen LogP contribution in [-0.2, 0) is 5.41 Å². The molecule has 0 N–H and O–H groups in total. The number of hydrogen-bond donors (Lipinski definition) is 0. The molecule has 0 saturated heterocycles. The molecular weight excluding hydrogens is 526 g/mol. The zero-order valence-corrected chi connectivity index (χ0v) is 23.9. The molecule has 0 fully saturated rings. The fourth-order valence-corrected chi connectivity index (χ4v) is 7.62. The van der Waals surface area contributed by atoms with Crippen molar-refractivity contribution < 1.29 is 4.42 Å². The summed E-state index contributed by atoms with van der Waals surface area (Å²) >= 11 is 0. The smallest absolute Gasteiger partial charge is 0.200 e. The summed E-state index contributed by atoms with van der Waals surface area (Å²) in [4.78, 5) is 16.4. The third-order valence-electron chi connectivity index (χ3n) is 9.44. The molecule has 1 aliphatic heterocycles. The summed E-state index contributed by atoms with van der Waals surface area (Å²) in [5.74, 6) is 0. The van der Waals surface area contributed by atoms with Crippen LogP contribution in [0, 0.1) is 13.8 Å². The average molecular weight is 554 g/mol. The molecule has 204 valence electrons. The number of benzene rings is 6. The summed E-state index contributed by atoms with van der Waals surface area (Å²) in [7, 11) is 0. The van der Waals surface area contributed by atoms with Crippen molar-refractivity contribution in [1.29, 1.82) is 0 Å². The highest BCUT2D eigenvalue weighted by atomic mass is 16.3. The normalized spacial score (nSPS) is 14.0. The van der Waals surface area contributed by atoms with Crippen LogP contribution in [0.2, 0.25) is 0 Å². The molecule has 2 aliphatic rings. The van der Waals surface area contributed by atoms with Crippen LogP contribution in [-0.4, -0.2) is 0 Å². The molecule has 9 rings (SSSR count). The molecular formula is C40H27NO2. The third kappa shape index (κ3) is 3.06. The Hall–Kier alpha value is -5.41. The molecule has 0 unspecified atom stereocenters. The first-order valence-electron chi connectivity index (χ1n) is 14.7. The minimum Gasteiger partial charge on any atom is -0.456 e. The SMILES string of the molecule is Cc1ccc(C)c(N2c3ccccc3C3(c4ccccc4-c4cc5oc6ccccc6c(=O)c5cc43)c3ccccc32)c1. The van der Waals surface area contributed by atoms with Crippen molar-refractivity contribution in [2.75, 3.05) is 4.90 Å². The van der Waals surface area contributed by atoms with Crippen molar-refractivity contribution in [2.45, 2.75) is 19.3 Å². The maximum atomic E-state index is 14.0. The van der Waals surface area contributed by atoms with E-state index in [1.165, 1.54) is 39.1 Å². The van der Waals surface area contributed by atoms with E-state index in [1.54, 1.807) is 0 Å². The quantitative estimate of drug-likeness (QED) is 0.190. The number of anilines is 3. The van der Waals surface area contributed by atoms with Crippen LogP contribution < -0.4 is 10.3 Å². The van der Waals surface area contributed by atoms with Gasteiger partial charge >= 0.3 is 0 Å². The van der Waals surface area contributed by atoms with Crippen LogP contribution in [0.1, 0.15) is 33.4 Å². The van der Waals surface area contributed by atoms with E-state index in [0.29, 0.717) is 21.9 Å². The van der Waals surface area contributed by atoms with Crippen molar-refractivity contribution >= 4 is 39.0 Å². The van der Waals surface area contributed by atoms with Crippen molar-refractivity contribution in [3.05, 3.63) is 171 Å². The Kier molecular flexibility index (Phi) is 4.82. The van der Waals surface area contributed by atoms with Crippen molar-refractivity contribution in [2.24, 2.45) is 0 Å². The molecule has 0 amide bonds. The largest absolute Gasteiger partial charge is 0.456 e. The number of hydrogen-bond acceptors (Lipinski definition) is 3. The van der Waals surface area contributed by atoms with Gasteiger partial charge in [0.1, 0.15) is 11.2 Å². The lowest BCUT2D eigenvalue weighted by atomic mass is 9.64. The van der Waals surface area contributed by atoms with Crippen molar-refractivity contribution in [3.63, 3.8) is 0 Å². The Labute approximate surface area is 249 Å². The zero-order valence-electron chi connectivity index (χ0n) is 23.9. The van der Waals surface area contributed by atoms with Crippen molar-refractivity contribution in [1.82, 2.24) is 0 Å². The molecule has 43 heavy (non-hydrogen) atoms. The first kappa shape index (κ1) is 24.2.